The largest absolute Gasteiger partial charge is 0.497 e. The van der Waals surface area contributed by atoms with Crippen molar-refractivity contribution in [1.29, 1.82) is 0 Å². The van der Waals surface area contributed by atoms with Gasteiger partial charge < -0.3 is 4.74 Å². The van der Waals surface area contributed by atoms with Gasteiger partial charge in [0.15, 0.2) is 0 Å². The molecule has 4 nitrogen and oxygen atoms in total. The molecule has 0 unspecified atom stereocenters. The fourth-order valence-electron chi connectivity index (χ4n) is 2.84. The number of rotatable bonds is 5. The summed E-state index contributed by atoms with van der Waals surface area (Å²) in [6.45, 7) is 7.45. The van der Waals surface area contributed by atoms with Gasteiger partial charge >= 0.3 is 0 Å². The van der Waals surface area contributed by atoms with E-state index in [0.29, 0.717) is 4.90 Å². The Bertz CT molecular complexity index is 773. The van der Waals surface area contributed by atoms with E-state index in [1.807, 2.05) is 64.1 Å². The van der Waals surface area contributed by atoms with Crippen molar-refractivity contribution in [1.82, 2.24) is 4.72 Å². The zero-order valence-corrected chi connectivity index (χ0v) is 15.0. The number of ether oxygens (including phenoxy) is 1. The molecule has 0 saturated carbocycles. The van der Waals surface area contributed by atoms with E-state index in [1.165, 1.54) is 0 Å². The first-order valence-electron chi connectivity index (χ1n) is 7.48. The number of hydrogen-bond donors (Lipinski definition) is 1. The lowest BCUT2D eigenvalue weighted by atomic mass is 10.1. The lowest BCUT2D eigenvalue weighted by molar-refractivity contribution is 0.414. The van der Waals surface area contributed by atoms with Crippen LogP contribution in [0.25, 0.3) is 0 Å². The van der Waals surface area contributed by atoms with Gasteiger partial charge in [-0.2, -0.15) is 0 Å². The number of sulfonamides is 1. The zero-order chi connectivity index (χ0) is 17.2. The van der Waals surface area contributed by atoms with Gasteiger partial charge in [-0.3, -0.25) is 0 Å². The maximum absolute atomic E-state index is 12.8. The van der Waals surface area contributed by atoms with E-state index in [9.17, 15) is 8.42 Å². The molecule has 0 aliphatic heterocycles. The molecule has 0 aromatic heterocycles. The summed E-state index contributed by atoms with van der Waals surface area (Å²) in [5.41, 5.74) is 3.47. The molecule has 1 N–H and O–H groups in total. The first-order valence-corrected chi connectivity index (χ1v) is 8.97. The summed E-state index contributed by atoms with van der Waals surface area (Å²) in [7, 11) is -1.98. The molecule has 0 fully saturated rings. The minimum atomic E-state index is -3.58. The van der Waals surface area contributed by atoms with E-state index in [1.54, 1.807) is 7.11 Å². The summed E-state index contributed by atoms with van der Waals surface area (Å²) in [6.07, 6.45) is 0. The van der Waals surface area contributed by atoms with Crippen molar-refractivity contribution in [2.45, 2.75) is 38.6 Å². The van der Waals surface area contributed by atoms with E-state index in [-0.39, 0.29) is 6.04 Å². The molecular weight excluding hydrogens is 310 g/mol. The highest BCUT2D eigenvalue weighted by atomic mass is 32.2. The summed E-state index contributed by atoms with van der Waals surface area (Å²) in [5, 5.41) is 0. The SMILES string of the molecule is COc1ccc([C@@H](C)NS(=O)(=O)c2c(C)cc(C)cc2C)cc1. The fourth-order valence-corrected chi connectivity index (χ4v) is 4.53. The number of aryl methyl sites for hydroxylation is 3. The van der Waals surface area contributed by atoms with Crippen LogP contribution in [0.2, 0.25) is 0 Å². The van der Waals surface area contributed by atoms with Gasteiger partial charge in [-0.15, -0.1) is 0 Å². The Hall–Kier alpha value is -1.85. The molecule has 5 heteroatoms. The highest BCUT2D eigenvalue weighted by molar-refractivity contribution is 7.89. The predicted octanol–water partition coefficient (Wildman–Crippen LogP) is 3.66. The predicted molar refractivity (Wildman–Crippen MR) is 92.4 cm³/mol. The van der Waals surface area contributed by atoms with Crippen molar-refractivity contribution in [3.05, 3.63) is 58.7 Å². The van der Waals surface area contributed by atoms with Crippen LogP contribution in [-0.4, -0.2) is 15.5 Å². The number of benzene rings is 2. The minimum Gasteiger partial charge on any atom is -0.497 e. The Morgan fingerprint density at radius 3 is 2.00 bits per heavy atom. The molecular formula is C18H23NO3S. The molecule has 1 atom stereocenters. The summed E-state index contributed by atoms with van der Waals surface area (Å²) in [6, 6.07) is 10.8. The molecule has 0 heterocycles. The van der Waals surface area contributed by atoms with Crippen molar-refractivity contribution in [3.63, 3.8) is 0 Å². The van der Waals surface area contributed by atoms with Gasteiger partial charge in [-0.1, -0.05) is 29.8 Å². The molecule has 0 aliphatic carbocycles. The standard InChI is InChI=1S/C18H23NO3S/c1-12-10-13(2)18(14(3)11-12)23(20,21)19-15(4)16-6-8-17(22-5)9-7-16/h6-11,15,19H,1-5H3/t15-/m1/s1. The second-order valence-electron chi connectivity index (χ2n) is 5.84. The minimum absolute atomic E-state index is 0.328. The highest BCUT2D eigenvalue weighted by Gasteiger charge is 2.22. The second kappa shape index (κ2) is 6.72. The Morgan fingerprint density at radius 1 is 1.00 bits per heavy atom. The normalized spacial score (nSPS) is 12.9. The van der Waals surface area contributed by atoms with Crippen molar-refractivity contribution < 1.29 is 13.2 Å². The third kappa shape index (κ3) is 3.92. The third-order valence-electron chi connectivity index (χ3n) is 3.82. The van der Waals surface area contributed by atoms with Gasteiger partial charge in [0.1, 0.15) is 5.75 Å². The average molecular weight is 333 g/mol. The Balaban J connectivity index is 2.30. The maximum Gasteiger partial charge on any atom is 0.241 e. The second-order valence-corrected chi connectivity index (χ2v) is 7.49. The van der Waals surface area contributed by atoms with Crippen molar-refractivity contribution in [2.24, 2.45) is 0 Å². The van der Waals surface area contributed by atoms with Crippen LogP contribution in [-0.2, 0) is 10.0 Å². The van der Waals surface area contributed by atoms with Crippen molar-refractivity contribution in [3.8, 4) is 5.75 Å². The summed E-state index contributed by atoms with van der Waals surface area (Å²) >= 11 is 0. The van der Waals surface area contributed by atoms with E-state index in [0.717, 1.165) is 28.0 Å². The molecule has 0 spiro atoms. The van der Waals surface area contributed by atoms with Crippen LogP contribution in [0.4, 0.5) is 0 Å². The first-order chi connectivity index (χ1) is 10.7. The summed E-state index contributed by atoms with van der Waals surface area (Å²) in [4.78, 5) is 0.364. The van der Waals surface area contributed by atoms with Crippen molar-refractivity contribution >= 4 is 10.0 Å². The van der Waals surface area contributed by atoms with Crippen LogP contribution >= 0.6 is 0 Å². The Labute approximate surface area is 138 Å². The van der Waals surface area contributed by atoms with Gasteiger partial charge in [0, 0.05) is 6.04 Å². The van der Waals surface area contributed by atoms with Gasteiger partial charge in [0.2, 0.25) is 10.0 Å². The third-order valence-corrected chi connectivity index (χ3v) is 5.67. The van der Waals surface area contributed by atoms with Crippen LogP contribution in [0.5, 0.6) is 5.75 Å². The highest BCUT2D eigenvalue weighted by Crippen LogP contribution is 2.24. The van der Waals surface area contributed by atoms with Crippen LogP contribution < -0.4 is 9.46 Å². The van der Waals surface area contributed by atoms with Gasteiger partial charge in [-0.25, -0.2) is 13.1 Å². The molecule has 0 radical (unpaired) electrons. The number of methoxy groups -OCH3 is 1. The molecule has 0 aliphatic rings. The Morgan fingerprint density at radius 2 is 1.52 bits per heavy atom. The average Bonchev–Trinajstić information content (AvgIpc) is 2.45. The smallest absolute Gasteiger partial charge is 0.241 e. The molecule has 124 valence electrons. The van der Waals surface area contributed by atoms with Crippen LogP contribution in [0, 0.1) is 20.8 Å². The van der Waals surface area contributed by atoms with E-state index >= 15 is 0 Å². The molecule has 0 amide bonds. The molecule has 0 saturated heterocycles. The topological polar surface area (TPSA) is 55.4 Å². The molecule has 2 aromatic carbocycles. The van der Waals surface area contributed by atoms with Crippen LogP contribution in [0.15, 0.2) is 41.3 Å². The van der Waals surface area contributed by atoms with Gasteiger partial charge in [-0.05, 0) is 56.5 Å². The molecule has 0 bridgehead atoms. The summed E-state index contributed by atoms with van der Waals surface area (Å²) < 4.78 is 33.4. The number of nitrogens with one attached hydrogen (secondary N) is 1. The van der Waals surface area contributed by atoms with Gasteiger partial charge in [0.05, 0.1) is 12.0 Å². The molecule has 2 rings (SSSR count). The van der Waals surface area contributed by atoms with Crippen LogP contribution in [0.1, 0.15) is 35.2 Å². The zero-order valence-electron chi connectivity index (χ0n) is 14.2. The number of hydrogen-bond acceptors (Lipinski definition) is 3. The lowest BCUT2D eigenvalue weighted by Gasteiger charge is -2.18. The van der Waals surface area contributed by atoms with Crippen LogP contribution in [0.3, 0.4) is 0 Å². The van der Waals surface area contributed by atoms with E-state index in [2.05, 4.69) is 4.72 Å². The first kappa shape index (κ1) is 17.5. The summed E-state index contributed by atoms with van der Waals surface area (Å²) in [5.74, 6) is 0.744. The van der Waals surface area contributed by atoms with Gasteiger partial charge in [0.25, 0.3) is 0 Å². The Kier molecular flexibility index (Phi) is 5.12. The maximum atomic E-state index is 12.8. The molecule has 2 aromatic rings. The molecule has 23 heavy (non-hydrogen) atoms. The van der Waals surface area contributed by atoms with Crippen molar-refractivity contribution in [2.75, 3.05) is 7.11 Å². The van der Waals surface area contributed by atoms with E-state index < -0.39 is 10.0 Å². The lowest BCUT2D eigenvalue weighted by Crippen LogP contribution is -2.28. The quantitative estimate of drug-likeness (QED) is 0.908. The monoisotopic (exact) mass is 333 g/mol. The fraction of sp³-hybridized carbons (Fsp3) is 0.333. The van der Waals surface area contributed by atoms with E-state index in [4.69, 9.17) is 4.74 Å².